The van der Waals surface area contributed by atoms with Crippen LogP contribution in [0.15, 0.2) is 18.2 Å². The Bertz CT molecular complexity index is 380. The summed E-state index contributed by atoms with van der Waals surface area (Å²) in [4.78, 5) is 0. The summed E-state index contributed by atoms with van der Waals surface area (Å²) >= 11 is 1.86. The molecule has 1 aliphatic rings. The van der Waals surface area contributed by atoms with E-state index < -0.39 is 6.10 Å². The third kappa shape index (κ3) is 3.57. The lowest BCUT2D eigenvalue weighted by Crippen LogP contribution is -2.08. The van der Waals surface area contributed by atoms with Gasteiger partial charge in [0.05, 0.1) is 25.9 Å². The average molecular weight is 282 g/mol. The Kier molecular flexibility index (Phi) is 5.40. The molecule has 1 aromatic carbocycles. The van der Waals surface area contributed by atoms with Crippen molar-refractivity contribution in [2.45, 2.75) is 37.0 Å². The zero-order valence-electron chi connectivity index (χ0n) is 11.6. The lowest BCUT2D eigenvalue weighted by Gasteiger charge is -2.19. The van der Waals surface area contributed by atoms with Crippen molar-refractivity contribution in [3.63, 3.8) is 0 Å². The van der Waals surface area contributed by atoms with Crippen LogP contribution in [-0.4, -0.2) is 30.3 Å². The van der Waals surface area contributed by atoms with Crippen LogP contribution in [-0.2, 0) is 0 Å². The van der Waals surface area contributed by atoms with Crippen molar-refractivity contribution >= 4 is 11.8 Å². The fourth-order valence-electron chi connectivity index (χ4n) is 2.57. The van der Waals surface area contributed by atoms with Crippen LogP contribution >= 0.6 is 11.8 Å². The van der Waals surface area contributed by atoms with E-state index in [2.05, 4.69) is 0 Å². The van der Waals surface area contributed by atoms with Crippen molar-refractivity contribution in [3.8, 4) is 11.5 Å². The van der Waals surface area contributed by atoms with Crippen LogP contribution in [0, 0.1) is 0 Å². The predicted molar refractivity (Wildman–Crippen MR) is 79.2 cm³/mol. The van der Waals surface area contributed by atoms with Gasteiger partial charge in [-0.3, -0.25) is 0 Å². The molecule has 0 aliphatic heterocycles. The largest absolute Gasteiger partial charge is 0.496 e. The van der Waals surface area contributed by atoms with E-state index >= 15 is 0 Å². The van der Waals surface area contributed by atoms with Crippen molar-refractivity contribution < 1.29 is 14.6 Å². The molecule has 1 fully saturated rings. The van der Waals surface area contributed by atoms with Crippen molar-refractivity contribution in [1.82, 2.24) is 0 Å². The van der Waals surface area contributed by atoms with Crippen molar-refractivity contribution in [2.75, 3.05) is 20.0 Å². The normalized spacial score (nSPS) is 17.4. The lowest BCUT2D eigenvalue weighted by molar-refractivity contribution is 0.193. The summed E-state index contributed by atoms with van der Waals surface area (Å²) < 4.78 is 10.7. The molecule has 1 atom stereocenters. The molecule has 3 nitrogen and oxygen atoms in total. The Morgan fingerprint density at radius 1 is 1.21 bits per heavy atom. The van der Waals surface area contributed by atoms with Gasteiger partial charge in [0.1, 0.15) is 11.5 Å². The molecule has 1 aromatic rings. The highest BCUT2D eigenvalue weighted by atomic mass is 32.2. The van der Waals surface area contributed by atoms with Gasteiger partial charge in [-0.05, 0) is 25.0 Å². The highest BCUT2D eigenvalue weighted by molar-refractivity contribution is 7.99. The number of hydrogen-bond acceptors (Lipinski definition) is 4. The summed E-state index contributed by atoms with van der Waals surface area (Å²) in [6.07, 6.45) is 4.66. The van der Waals surface area contributed by atoms with Gasteiger partial charge in [-0.1, -0.05) is 18.9 Å². The zero-order chi connectivity index (χ0) is 13.7. The highest BCUT2D eigenvalue weighted by Gasteiger charge is 2.22. The number of hydrogen-bond donors (Lipinski definition) is 1. The molecular weight excluding hydrogens is 260 g/mol. The van der Waals surface area contributed by atoms with Crippen LogP contribution in [0.3, 0.4) is 0 Å². The lowest BCUT2D eigenvalue weighted by atomic mass is 10.1. The maximum Gasteiger partial charge on any atom is 0.128 e. The van der Waals surface area contributed by atoms with Crippen LogP contribution in [0.2, 0.25) is 0 Å². The van der Waals surface area contributed by atoms with Gasteiger partial charge in [0.2, 0.25) is 0 Å². The summed E-state index contributed by atoms with van der Waals surface area (Å²) in [7, 11) is 3.24. The Labute approximate surface area is 119 Å². The first-order valence-electron chi connectivity index (χ1n) is 6.76. The van der Waals surface area contributed by atoms with Gasteiger partial charge < -0.3 is 14.6 Å². The Balaban J connectivity index is 2.05. The molecule has 0 amide bonds. The number of benzene rings is 1. The minimum Gasteiger partial charge on any atom is -0.496 e. The summed E-state index contributed by atoms with van der Waals surface area (Å²) in [6, 6.07) is 5.60. The second-order valence-corrected chi connectivity index (χ2v) is 6.17. The molecule has 0 saturated heterocycles. The first-order valence-corrected chi connectivity index (χ1v) is 7.81. The first kappa shape index (κ1) is 14.5. The molecule has 1 aliphatic carbocycles. The van der Waals surface area contributed by atoms with Gasteiger partial charge in [0.25, 0.3) is 0 Å². The molecule has 1 saturated carbocycles. The summed E-state index contributed by atoms with van der Waals surface area (Å²) in [6.45, 7) is 0. The molecule has 0 bridgehead atoms. The van der Waals surface area contributed by atoms with E-state index in [1.807, 2.05) is 30.0 Å². The number of methoxy groups -OCH3 is 2. The van der Waals surface area contributed by atoms with E-state index in [-0.39, 0.29) is 0 Å². The first-order chi connectivity index (χ1) is 9.26. The van der Waals surface area contributed by atoms with Crippen LogP contribution in [0.25, 0.3) is 0 Å². The number of ether oxygens (including phenoxy) is 2. The zero-order valence-corrected chi connectivity index (χ0v) is 12.4. The van der Waals surface area contributed by atoms with E-state index in [1.165, 1.54) is 25.7 Å². The molecule has 19 heavy (non-hydrogen) atoms. The van der Waals surface area contributed by atoms with Crippen molar-refractivity contribution in [3.05, 3.63) is 23.8 Å². The highest BCUT2D eigenvalue weighted by Crippen LogP contribution is 2.38. The van der Waals surface area contributed by atoms with Gasteiger partial charge >= 0.3 is 0 Å². The van der Waals surface area contributed by atoms with E-state index in [0.717, 1.165) is 5.56 Å². The molecular formula is C15H22O3S. The van der Waals surface area contributed by atoms with Gasteiger partial charge in [-0.25, -0.2) is 0 Å². The molecule has 1 N–H and O–H groups in total. The van der Waals surface area contributed by atoms with Gasteiger partial charge in [0, 0.05) is 11.0 Å². The smallest absolute Gasteiger partial charge is 0.128 e. The van der Waals surface area contributed by atoms with E-state index in [0.29, 0.717) is 22.5 Å². The third-order valence-corrected chi connectivity index (χ3v) is 5.04. The topological polar surface area (TPSA) is 38.7 Å². The second kappa shape index (κ2) is 7.06. The molecule has 1 unspecified atom stereocenters. The summed E-state index contributed by atoms with van der Waals surface area (Å²) in [5.74, 6) is 2.08. The summed E-state index contributed by atoms with van der Waals surface area (Å²) in [5.41, 5.74) is 0.762. The Hall–Kier alpha value is -0.870. The Morgan fingerprint density at radius 3 is 2.32 bits per heavy atom. The van der Waals surface area contributed by atoms with E-state index in [9.17, 15) is 5.11 Å². The monoisotopic (exact) mass is 282 g/mol. The van der Waals surface area contributed by atoms with Crippen LogP contribution in [0.1, 0.15) is 37.4 Å². The second-order valence-electron chi connectivity index (χ2n) is 4.83. The number of aliphatic hydroxyl groups is 1. The minimum atomic E-state index is -0.545. The number of thioether (sulfide) groups is 1. The molecule has 106 valence electrons. The summed E-state index contributed by atoms with van der Waals surface area (Å²) in [5, 5.41) is 11.1. The van der Waals surface area contributed by atoms with Gasteiger partial charge in [-0.15, -0.1) is 0 Å². The number of aliphatic hydroxyl groups excluding tert-OH is 1. The van der Waals surface area contributed by atoms with Gasteiger partial charge in [0.15, 0.2) is 0 Å². The van der Waals surface area contributed by atoms with Crippen molar-refractivity contribution in [2.24, 2.45) is 0 Å². The molecule has 0 heterocycles. The quantitative estimate of drug-likeness (QED) is 0.868. The van der Waals surface area contributed by atoms with Crippen LogP contribution in [0.5, 0.6) is 11.5 Å². The standard InChI is InChI=1S/C15H22O3S/c1-17-13-8-5-9-14(18-2)15(13)12(16)10-19-11-6-3-4-7-11/h5,8-9,11-12,16H,3-4,6-7,10H2,1-2H3. The average Bonchev–Trinajstić information content (AvgIpc) is 2.97. The molecule has 0 radical (unpaired) electrons. The van der Waals surface area contributed by atoms with Crippen LogP contribution < -0.4 is 9.47 Å². The van der Waals surface area contributed by atoms with Gasteiger partial charge in [-0.2, -0.15) is 11.8 Å². The molecule has 0 aromatic heterocycles. The fourth-order valence-corrected chi connectivity index (χ4v) is 3.86. The predicted octanol–water partition coefficient (Wildman–Crippen LogP) is 3.41. The fraction of sp³-hybridized carbons (Fsp3) is 0.600. The van der Waals surface area contributed by atoms with E-state index in [1.54, 1.807) is 14.2 Å². The molecule has 2 rings (SSSR count). The maximum atomic E-state index is 10.4. The molecule has 0 spiro atoms. The van der Waals surface area contributed by atoms with E-state index in [4.69, 9.17) is 9.47 Å². The minimum absolute atomic E-state index is 0.545. The van der Waals surface area contributed by atoms with Crippen LogP contribution in [0.4, 0.5) is 0 Å². The SMILES string of the molecule is COc1cccc(OC)c1C(O)CSC1CCCC1. The third-order valence-electron chi connectivity index (χ3n) is 3.59. The molecule has 4 heteroatoms. The maximum absolute atomic E-state index is 10.4. The number of rotatable bonds is 6. The van der Waals surface area contributed by atoms with Crippen molar-refractivity contribution in [1.29, 1.82) is 0 Å². The Morgan fingerprint density at radius 2 is 1.79 bits per heavy atom.